The van der Waals surface area contributed by atoms with Gasteiger partial charge in [0.05, 0.1) is 18.2 Å². The molecule has 0 aliphatic rings. The number of carboxylic acid groups (broad SMARTS) is 1. The number of carbonyl (C=O) groups is 1. The lowest BCUT2D eigenvalue weighted by molar-refractivity contribution is -0.136. The molecule has 0 unspecified atom stereocenters. The van der Waals surface area contributed by atoms with Crippen LogP contribution in [0.25, 0.3) is 11.1 Å². The van der Waals surface area contributed by atoms with Crippen LogP contribution in [-0.4, -0.2) is 40.9 Å². The van der Waals surface area contributed by atoms with Gasteiger partial charge in [-0.15, -0.1) is 0 Å². The monoisotopic (exact) mass is 508 g/mol. The minimum atomic E-state index is -3.91. The number of hydrogen-bond donors (Lipinski definition) is 2. The van der Waals surface area contributed by atoms with Crippen molar-refractivity contribution in [3.8, 4) is 17.0 Å². The molecule has 3 rings (SSSR count). The maximum Gasteiger partial charge on any atom is 0.307 e. The summed E-state index contributed by atoms with van der Waals surface area (Å²) in [5.41, 5.74) is 0.0111. The lowest BCUT2D eigenvalue weighted by Crippen LogP contribution is -2.34. The second-order valence-electron chi connectivity index (χ2n) is 8.99. The summed E-state index contributed by atoms with van der Waals surface area (Å²) < 4.78 is 59.3. The van der Waals surface area contributed by atoms with Crippen molar-refractivity contribution in [2.24, 2.45) is 5.14 Å². The molecule has 0 radical (unpaired) electrons. The maximum atomic E-state index is 14.6. The van der Waals surface area contributed by atoms with Crippen LogP contribution in [0.2, 0.25) is 0 Å². The Morgan fingerprint density at radius 2 is 1.97 bits per heavy atom. The van der Waals surface area contributed by atoms with E-state index in [0.717, 1.165) is 12.3 Å². The van der Waals surface area contributed by atoms with E-state index in [-0.39, 0.29) is 34.1 Å². The number of sulfonamides is 1. The minimum absolute atomic E-state index is 0.00663. The summed E-state index contributed by atoms with van der Waals surface area (Å²) in [6.45, 7) is 6.85. The summed E-state index contributed by atoms with van der Waals surface area (Å²) in [5, 5.41) is 18.6. The SMILES string of the molecule is CC(C)c1c(F)c(F)cc(-c2ccnc(OCC(C)(C)n3cc(S(N)(=O)=O)cn3)c2)c1CC(=O)O. The Hall–Kier alpha value is -3.38. The number of primary sulfonamides is 1. The molecule has 188 valence electrons. The number of nitrogens with zero attached hydrogens (tertiary/aromatic N) is 3. The minimum Gasteiger partial charge on any atom is -0.481 e. The number of pyridine rings is 1. The lowest BCUT2D eigenvalue weighted by Gasteiger charge is -2.25. The van der Waals surface area contributed by atoms with Gasteiger partial charge < -0.3 is 9.84 Å². The van der Waals surface area contributed by atoms with E-state index in [2.05, 4.69) is 10.1 Å². The van der Waals surface area contributed by atoms with E-state index in [4.69, 9.17) is 9.88 Å². The first-order valence-corrected chi connectivity index (χ1v) is 12.1. The number of rotatable bonds is 9. The van der Waals surface area contributed by atoms with Crippen molar-refractivity contribution in [1.82, 2.24) is 14.8 Å². The van der Waals surface area contributed by atoms with Gasteiger partial charge >= 0.3 is 5.97 Å². The van der Waals surface area contributed by atoms with Gasteiger partial charge in [-0.2, -0.15) is 5.10 Å². The molecule has 0 spiro atoms. The Balaban J connectivity index is 1.95. The van der Waals surface area contributed by atoms with Crippen molar-refractivity contribution in [2.75, 3.05) is 6.61 Å². The zero-order valence-corrected chi connectivity index (χ0v) is 20.4. The van der Waals surface area contributed by atoms with Gasteiger partial charge in [0.25, 0.3) is 0 Å². The zero-order valence-electron chi connectivity index (χ0n) is 19.6. The molecule has 0 bridgehead atoms. The molecular formula is C23H26F2N4O5S. The Kier molecular flexibility index (Phi) is 7.27. The molecule has 2 heterocycles. The van der Waals surface area contributed by atoms with Crippen molar-refractivity contribution in [3.63, 3.8) is 0 Å². The van der Waals surface area contributed by atoms with Crippen LogP contribution in [0.15, 0.2) is 41.7 Å². The van der Waals surface area contributed by atoms with Gasteiger partial charge in [0.2, 0.25) is 15.9 Å². The van der Waals surface area contributed by atoms with Gasteiger partial charge in [0.15, 0.2) is 11.6 Å². The predicted octanol–water partition coefficient (Wildman–Crippen LogP) is 3.44. The molecule has 12 heteroatoms. The van der Waals surface area contributed by atoms with Crippen LogP contribution in [0.3, 0.4) is 0 Å². The second kappa shape index (κ2) is 9.70. The van der Waals surface area contributed by atoms with Crippen LogP contribution in [0, 0.1) is 11.6 Å². The highest BCUT2D eigenvalue weighted by molar-refractivity contribution is 7.89. The van der Waals surface area contributed by atoms with Gasteiger partial charge in [-0.1, -0.05) is 13.8 Å². The van der Waals surface area contributed by atoms with Crippen molar-refractivity contribution < 1.29 is 31.8 Å². The summed E-state index contributed by atoms with van der Waals surface area (Å²) in [4.78, 5) is 15.5. The Morgan fingerprint density at radius 1 is 1.29 bits per heavy atom. The summed E-state index contributed by atoms with van der Waals surface area (Å²) in [6.07, 6.45) is 3.34. The predicted molar refractivity (Wildman–Crippen MR) is 123 cm³/mol. The highest BCUT2D eigenvalue weighted by atomic mass is 32.2. The molecule has 0 saturated carbocycles. The molecule has 0 atom stereocenters. The molecule has 0 saturated heterocycles. The van der Waals surface area contributed by atoms with Crippen molar-refractivity contribution in [1.29, 1.82) is 0 Å². The number of halogens is 2. The molecule has 0 aliphatic heterocycles. The third-order valence-electron chi connectivity index (χ3n) is 5.40. The number of benzene rings is 1. The molecule has 3 N–H and O–H groups in total. The van der Waals surface area contributed by atoms with Gasteiger partial charge in [0.1, 0.15) is 11.5 Å². The molecule has 0 aliphatic carbocycles. The van der Waals surface area contributed by atoms with Gasteiger partial charge in [0, 0.05) is 18.5 Å². The quantitative estimate of drug-likeness (QED) is 0.452. The largest absolute Gasteiger partial charge is 0.481 e. The Bertz CT molecular complexity index is 1370. The van der Waals surface area contributed by atoms with Crippen LogP contribution in [0.4, 0.5) is 8.78 Å². The third kappa shape index (κ3) is 5.82. The standard InChI is InChI=1S/C23H26F2N4O5S/c1-13(2)21-17(9-20(30)31)16(8-18(24)22(21)25)14-5-6-27-19(7-14)34-12-23(3,4)29-11-15(10-28-29)35(26,32)33/h5-8,10-11,13H,9,12H2,1-4H3,(H,30,31)(H2,26,32,33). The normalized spacial score (nSPS) is 12.2. The molecule has 0 fully saturated rings. The number of carboxylic acids is 1. The highest BCUT2D eigenvalue weighted by Crippen LogP contribution is 2.35. The average Bonchev–Trinajstić information content (AvgIpc) is 3.26. The van der Waals surface area contributed by atoms with Crippen molar-refractivity contribution >= 4 is 16.0 Å². The number of hydrogen-bond acceptors (Lipinski definition) is 6. The van der Waals surface area contributed by atoms with Crippen LogP contribution in [0.5, 0.6) is 5.88 Å². The maximum absolute atomic E-state index is 14.6. The van der Waals surface area contributed by atoms with Gasteiger partial charge in [-0.3, -0.25) is 9.48 Å². The van der Waals surface area contributed by atoms with E-state index in [1.165, 1.54) is 23.1 Å². The first kappa shape index (κ1) is 26.2. The summed E-state index contributed by atoms with van der Waals surface area (Å²) >= 11 is 0. The van der Waals surface area contributed by atoms with Gasteiger partial charge in [-0.05, 0) is 54.2 Å². The first-order valence-electron chi connectivity index (χ1n) is 10.6. The summed E-state index contributed by atoms with van der Waals surface area (Å²) in [6, 6.07) is 4.02. The third-order valence-corrected chi connectivity index (χ3v) is 6.27. The van der Waals surface area contributed by atoms with E-state index in [1.807, 2.05) is 0 Å². The van der Waals surface area contributed by atoms with Crippen LogP contribution in [0.1, 0.15) is 44.7 Å². The molecule has 35 heavy (non-hydrogen) atoms. The van der Waals surface area contributed by atoms with E-state index >= 15 is 0 Å². The molecule has 9 nitrogen and oxygen atoms in total. The van der Waals surface area contributed by atoms with Gasteiger partial charge in [-0.25, -0.2) is 27.3 Å². The Morgan fingerprint density at radius 3 is 2.54 bits per heavy atom. The second-order valence-corrected chi connectivity index (χ2v) is 10.5. The van der Waals surface area contributed by atoms with E-state index in [1.54, 1.807) is 33.8 Å². The highest BCUT2D eigenvalue weighted by Gasteiger charge is 2.26. The topological polar surface area (TPSA) is 137 Å². The van der Waals surface area contributed by atoms with Crippen LogP contribution in [-0.2, 0) is 26.8 Å². The summed E-state index contributed by atoms with van der Waals surface area (Å²) in [7, 11) is -3.91. The smallest absolute Gasteiger partial charge is 0.307 e. The fraction of sp³-hybridized carbons (Fsp3) is 0.348. The van der Waals surface area contributed by atoms with Crippen molar-refractivity contribution in [3.05, 3.63) is 59.6 Å². The average molecular weight is 509 g/mol. The molecule has 2 aromatic heterocycles. The van der Waals surface area contributed by atoms with Crippen molar-refractivity contribution in [2.45, 2.75) is 50.5 Å². The first-order chi connectivity index (χ1) is 16.2. The zero-order chi connectivity index (χ0) is 26.1. The van der Waals surface area contributed by atoms with E-state index < -0.39 is 45.5 Å². The fourth-order valence-electron chi connectivity index (χ4n) is 3.64. The number of aromatic nitrogens is 3. The molecule has 1 aromatic carbocycles. The number of nitrogens with two attached hydrogens (primary N) is 1. The summed E-state index contributed by atoms with van der Waals surface area (Å²) in [5.74, 6) is -3.63. The molecular weight excluding hydrogens is 482 g/mol. The van der Waals surface area contributed by atoms with Crippen LogP contribution >= 0.6 is 0 Å². The lowest BCUT2D eigenvalue weighted by atomic mass is 9.88. The Labute approximate surface area is 201 Å². The molecule has 3 aromatic rings. The molecule has 0 amide bonds. The number of ether oxygens (including phenoxy) is 1. The van der Waals surface area contributed by atoms with Crippen LogP contribution < -0.4 is 9.88 Å². The van der Waals surface area contributed by atoms with E-state index in [9.17, 15) is 27.1 Å². The van der Waals surface area contributed by atoms with E-state index in [0.29, 0.717) is 5.56 Å². The fourth-order valence-corrected chi connectivity index (χ4v) is 4.08. The number of aliphatic carboxylic acids is 1.